The van der Waals surface area contributed by atoms with Crippen LogP contribution in [0.4, 0.5) is 0 Å². The van der Waals surface area contributed by atoms with Crippen LogP contribution in [0.2, 0.25) is 0 Å². The summed E-state index contributed by atoms with van der Waals surface area (Å²) < 4.78 is 11.7. The number of aromatic nitrogens is 1. The van der Waals surface area contributed by atoms with Crippen molar-refractivity contribution in [3.8, 4) is 11.5 Å². The highest BCUT2D eigenvalue weighted by molar-refractivity contribution is 5.78. The van der Waals surface area contributed by atoms with E-state index in [4.69, 9.17) is 14.3 Å². The maximum Gasteiger partial charge on any atom is 0.130 e. The molecule has 0 saturated carbocycles. The van der Waals surface area contributed by atoms with Crippen molar-refractivity contribution < 1.29 is 14.3 Å². The summed E-state index contributed by atoms with van der Waals surface area (Å²) in [5, 5.41) is 3.76. The van der Waals surface area contributed by atoms with Crippen LogP contribution >= 0.6 is 0 Å². The molecule has 0 aliphatic heterocycles. The third kappa shape index (κ3) is 5.64. The standard InChI is InChI=1S/C20H24N2O3/c1-5-6-9-24-19-10-15(2)20(16(3)11-19)25-14-18-12-17(7-8-21-18)13-22-23-4/h5-8,10-13H,9,14H2,1-4H3/b6-5+,22-13?. The second kappa shape index (κ2) is 9.47. The highest BCUT2D eigenvalue weighted by Crippen LogP contribution is 2.29. The molecule has 0 aliphatic carbocycles. The second-order valence-corrected chi connectivity index (χ2v) is 5.55. The lowest BCUT2D eigenvalue weighted by atomic mass is 10.1. The van der Waals surface area contributed by atoms with E-state index in [0.29, 0.717) is 13.2 Å². The van der Waals surface area contributed by atoms with Crippen LogP contribution < -0.4 is 9.47 Å². The molecule has 0 radical (unpaired) electrons. The number of aryl methyl sites for hydroxylation is 2. The van der Waals surface area contributed by atoms with E-state index in [1.54, 1.807) is 12.4 Å². The minimum absolute atomic E-state index is 0.384. The van der Waals surface area contributed by atoms with Crippen molar-refractivity contribution in [2.24, 2.45) is 5.16 Å². The largest absolute Gasteiger partial charge is 0.490 e. The smallest absolute Gasteiger partial charge is 0.130 e. The van der Waals surface area contributed by atoms with Crippen molar-refractivity contribution in [1.29, 1.82) is 0 Å². The molecule has 0 bridgehead atoms. The van der Waals surface area contributed by atoms with Gasteiger partial charge in [0.05, 0.1) is 11.9 Å². The molecule has 2 rings (SSSR count). The maximum atomic E-state index is 5.99. The van der Waals surface area contributed by atoms with Gasteiger partial charge >= 0.3 is 0 Å². The van der Waals surface area contributed by atoms with Crippen molar-refractivity contribution in [2.45, 2.75) is 27.4 Å². The average Bonchev–Trinajstić information content (AvgIpc) is 2.60. The summed E-state index contributed by atoms with van der Waals surface area (Å²) in [6, 6.07) is 7.75. The van der Waals surface area contributed by atoms with Gasteiger partial charge in [-0.3, -0.25) is 4.98 Å². The van der Waals surface area contributed by atoms with E-state index in [9.17, 15) is 0 Å². The number of nitrogens with zero attached hydrogens (tertiary/aromatic N) is 2. The Hall–Kier alpha value is -2.82. The Bertz CT molecular complexity index is 731. The second-order valence-electron chi connectivity index (χ2n) is 5.55. The van der Waals surface area contributed by atoms with E-state index in [1.165, 1.54) is 7.11 Å². The van der Waals surface area contributed by atoms with Gasteiger partial charge in [0.1, 0.15) is 31.8 Å². The fourth-order valence-corrected chi connectivity index (χ4v) is 2.38. The first-order chi connectivity index (χ1) is 12.1. The molecule has 1 heterocycles. The van der Waals surface area contributed by atoms with Gasteiger partial charge in [-0.15, -0.1) is 0 Å². The number of benzene rings is 1. The summed E-state index contributed by atoms with van der Waals surface area (Å²) in [5.41, 5.74) is 3.81. The Balaban J connectivity index is 2.06. The zero-order valence-electron chi connectivity index (χ0n) is 15.2. The Morgan fingerprint density at radius 2 is 1.88 bits per heavy atom. The number of pyridine rings is 1. The number of rotatable bonds is 8. The SMILES string of the molecule is C/C=C/COc1cc(C)c(OCc2cc(C=NOC)ccn2)c(C)c1. The van der Waals surface area contributed by atoms with Crippen molar-refractivity contribution in [3.63, 3.8) is 0 Å². The maximum absolute atomic E-state index is 5.99. The van der Waals surface area contributed by atoms with Gasteiger partial charge in [0.15, 0.2) is 0 Å². The Morgan fingerprint density at radius 1 is 1.12 bits per heavy atom. The van der Waals surface area contributed by atoms with Crippen LogP contribution in [0.5, 0.6) is 11.5 Å². The third-order valence-corrected chi connectivity index (χ3v) is 3.53. The summed E-state index contributed by atoms with van der Waals surface area (Å²) in [4.78, 5) is 9.02. The van der Waals surface area contributed by atoms with E-state index in [-0.39, 0.29) is 0 Å². The van der Waals surface area contributed by atoms with Crippen LogP contribution in [0.1, 0.15) is 29.3 Å². The number of oxime groups is 1. The first kappa shape index (κ1) is 18.5. The summed E-state index contributed by atoms with van der Waals surface area (Å²) in [7, 11) is 1.51. The molecule has 2 aromatic rings. The first-order valence-corrected chi connectivity index (χ1v) is 8.13. The molecular weight excluding hydrogens is 316 g/mol. The highest BCUT2D eigenvalue weighted by atomic mass is 16.6. The molecule has 0 amide bonds. The van der Waals surface area contributed by atoms with Crippen LogP contribution in [-0.2, 0) is 11.4 Å². The minimum Gasteiger partial charge on any atom is -0.490 e. The quantitative estimate of drug-likeness (QED) is 0.410. The van der Waals surface area contributed by atoms with Gasteiger partial charge in [-0.25, -0.2) is 0 Å². The molecule has 5 heteroatoms. The van der Waals surface area contributed by atoms with Crippen LogP contribution in [0.15, 0.2) is 47.8 Å². The van der Waals surface area contributed by atoms with Crippen molar-refractivity contribution >= 4 is 6.21 Å². The highest BCUT2D eigenvalue weighted by Gasteiger charge is 2.08. The zero-order chi connectivity index (χ0) is 18.1. The molecule has 0 aliphatic rings. The predicted molar refractivity (Wildman–Crippen MR) is 99.4 cm³/mol. The van der Waals surface area contributed by atoms with Crippen LogP contribution in [-0.4, -0.2) is 24.9 Å². The van der Waals surface area contributed by atoms with Gasteiger partial charge in [0.25, 0.3) is 0 Å². The van der Waals surface area contributed by atoms with E-state index in [2.05, 4.69) is 10.1 Å². The van der Waals surface area contributed by atoms with Gasteiger partial charge < -0.3 is 14.3 Å². The number of hydrogen-bond donors (Lipinski definition) is 0. The van der Waals surface area contributed by atoms with Crippen molar-refractivity contribution in [1.82, 2.24) is 4.98 Å². The zero-order valence-corrected chi connectivity index (χ0v) is 15.2. The van der Waals surface area contributed by atoms with E-state index in [0.717, 1.165) is 33.9 Å². The topological polar surface area (TPSA) is 52.9 Å². The number of allylic oxidation sites excluding steroid dienone is 1. The monoisotopic (exact) mass is 340 g/mol. The predicted octanol–water partition coefficient (Wildman–Crippen LogP) is 4.21. The van der Waals surface area contributed by atoms with Crippen molar-refractivity contribution in [3.05, 3.63) is 65.0 Å². The molecule has 0 spiro atoms. The fraction of sp³-hybridized carbons (Fsp3) is 0.300. The molecule has 0 fully saturated rings. The summed E-state index contributed by atoms with van der Waals surface area (Å²) in [6.07, 6.45) is 7.31. The molecule has 0 saturated heterocycles. The molecule has 132 valence electrons. The fourth-order valence-electron chi connectivity index (χ4n) is 2.38. The summed E-state index contributed by atoms with van der Waals surface area (Å²) in [5.74, 6) is 1.70. The Morgan fingerprint density at radius 3 is 2.56 bits per heavy atom. The summed E-state index contributed by atoms with van der Waals surface area (Å²) >= 11 is 0. The lowest BCUT2D eigenvalue weighted by molar-refractivity contribution is 0.215. The first-order valence-electron chi connectivity index (χ1n) is 8.13. The molecule has 0 atom stereocenters. The Labute approximate surface area is 148 Å². The Kier molecular flexibility index (Phi) is 7.01. The van der Waals surface area contributed by atoms with Gasteiger partial charge in [-0.2, -0.15) is 0 Å². The van der Waals surface area contributed by atoms with E-state index in [1.807, 2.05) is 57.2 Å². The van der Waals surface area contributed by atoms with Gasteiger partial charge in [0.2, 0.25) is 0 Å². The lowest BCUT2D eigenvalue weighted by Gasteiger charge is -2.14. The summed E-state index contributed by atoms with van der Waals surface area (Å²) in [6.45, 7) is 6.95. The van der Waals surface area contributed by atoms with Gasteiger partial charge in [-0.05, 0) is 61.7 Å². The molecule has 0 unspecified atom stereocenters. The normalized spacial score (nSPS) is 11.2. The molecule has 5 nitrogen and oxygen atoms in total. The molecule has 0 N–H and O–H groups in total. The number of ether oxygens (including phenoxy) is 2. The number of hydrogen-bond acceptors (Lipinski definition) is 5. The molecule has 1 aromatic carbocycles. The third-order valence-electron chi connectivity index (χ3n) is 3.53. The van der Waals surface area contributed by atoms with E-state index < -0.39 is 0 Å². The molecule has 25 heavy (non-hydrogen) atoms. The van der Waals surface area contributed by atoms with Crippen LogP contribution in [0.3, 0.4) is 0 Å². The minimum atomic E-state index is 0.384. The van der Waals surface area contributed by atoms with E-state index >= 15 is 0 Å². The van der Waals surface area contributed by atoms with Crippen molar-refractivity contribution in [2.75, 3.05) is 13.7 Å². The van der Waals surface area contributed by atoms with Crippen LogP contribution in [0.25, 0.3) is 0 Å². The molecular formula is C20H24N2O3. The average molecular weight is 340 g/mol. The lowest BCUT2D eigenvalue weighted by Crippen LogP contribution is -2.02. The molecule has 1 aromatic heterocycles. The van der Waals surface area contributed by atoms with Gasteiger partial charge in [-0.1, -0.05) is 17.3 Å². The van der Waals surface area contributed by atoms with Crippen LogP contribution in [0, 0.1) is 13.8 Å². The van der Waals surface area contributed by atoms with Gasteiger partial charge in [0, 0.05) is 6.20 Å².